The number of benzene rings is 1. The molecule has 78 valence electrons. The van der Waals surface area contributed by atoms with Crippen molar-refractivity contribution in [1.29, 1.82) is 0 Å². The van der Waals surface area contributed by atoms with Gasteiger partial charge in [-0.3, -0.25) is 0 Å². The van der Waals surface area contributed by atoms with Gasteiger partial charge in [-0.25, -0.2) is 0 Å². The largest absolute Gasteiger partial charge is 0.497 e. The van der Waals surface area contributed by atoms with Crippen LogP contribution in [0.5, 0.6) is 5.75 Å². The van der Waals surface area contributed by atoms with Gasteiger partial charge in [-0.2, -0.15) is 0 Å². The lowest BCUT2D eigenvalue weighted by Gasteiger charge is -2.00. The standard InChI is InChI=1S/C10H9BrN2O2/c1-14-7-4-2-6(3-5-7)9-8(12)10(11)13-15-9/h2-5H,12H2,1H3. The van der Waals surface area contributed by atoms with E-state index in [9.17, 15) is 0 Å². The van der Waals surface area contributed by atoms with Gasteiger partial charge in [0.25, 0.3) is 0 Å². The Morgan fingerprint density at radius 1 is 1.33 bits per heavy atom. The number of hydrogen-bond donors (Lipinski definition) is 1. The van der Waals surface area contributed by atoms with Gasteiger partial charge in [0.2, 0.25) is 0 Å². The van der Waals surface area contributed by atoms with Crippen LogP contribution >= 0.6 is 15.9 Å². The Bertz CT molecular complexity index is 465. The van der Waals surface area contributed by atoms with Crippen LogP contribution in [0.25, 0.3) is 11.3 Å². The predicted octanol–water partition coefficient (Wildman–Crippen LogP) is 2.69. The summed E-state index contributed by atoms with van der Waals surface area (Å²) in [5, 5.41) is 3.72. The van der Waals surface area contributed by atoms with Gasteiger partial charge in [0.15, 0.2) is 10.4 Å². The van der Waals surface area contributed by atoms with Crippen LogP contribution in [0.3, 0.4) is 0 Å². The number of nitrogens with two attached hydrogens (primary N) is 1. The third-order valence-corrected chi connectivity index (χ3v) is 2.61. The molecule has 1 heterocycles. The van der Waals surface area contributed by atoms with Crippen molar-refractivity contribution in [2.24, 2.45) is 0 Å². The summed E-state index contributed by atoms with van der Waals surface area (Å²) in [7, 11) is 1.62. The number of hydrogen-bond acceptors (Lipinski definition) is 4. The molecule has 0 fully saturated rings. The molecule has 0 aliphatic carbocycles. The number of rotatable bonds is 2. The number of methoxy groups -OCH3 is 1. The molecule has 0 atom stereocenters. The lowest BCUT2D eigenvalue weighted by atomic mass is 10.1. The van der Waals surface area contributed by atoms with Gasteiger partial charge in [0.1, 0.15) is 11.4 Å². The van der Waals surface area contributed by atoms with Crippen LogP contribution in [-0.2, 0) is 0 Å². The molecule has 0 spiro atoms. The van der Waals surface area contributed by atoms with Crippen LogP contribution in [0, 0.1) is 0 Å². The van der Waals surface area contributed by atoms with E-state index in [1.807, 2.05) is 24.3 Å². The molecule has 0 aliphatic heterocycles. The van der Waals surface area contributed by atoms with Crippen LogP contribution in [0.4, 0.5) is 5.69 Å². The minimum atomic E-state index is 0.500. The molecule has 1 aromatic carbocycles. The molecule has 0 aliphatic rings. The van der Waals surface area contributed by atoms with E-state index in [-0.39, 0.29) is 0 Å². The van der Waals surface area contributed by atoms with E-state index >= 15 is 0 Å². The monoisotopic (exact) mass is 268 g/mol. The highest BCUT2D eigenvalue weighted by atomic mass is 79.9. The molecular formula is C10H9BrN2O2. The lowest BCUT2D eigenvalue weighted by Crippen LogP contribution is -1.86. The van der Waals surface area contributed by atoms with Crippen LogP contribution in [0.15, 0.2) is 33.4 Å². The molecule has 15 heavy (non-hydrogen) atoms. The van der Waals surface area contributed by atoms with Crippen molar-refractivity contribution in [3.63, 3.8) is 0 Å². The van der Waals surface area contributed by atoms with Crippen LogP contribution in [0.2, 0.25) is 0 Å². The maximum atomic E-state index is 5.77. The second-order valence-electron chi connectivity index (χ2n) is 2.94. The Labute approximate surface area is 95.1 Å². The van der Waals surface area contributed by atoms with Crippen LogP contribution < -0.4 is 10.5 Å². The van der Waals surface area contributed by atoms with Crippen molar-refractivity contribution >= 4 is 21.6 Å². The highest BCUT2D eigenvalue weighted by Gasteiger charge is 2.12. The fourth-order valence-electron chi connectivity index (χ4n) is 1.23. The number of halogens is 1. The Hall–Kier alpha value is -1.49. The summed E-state index contributed by atoms with van der Waals surface area (Å²) >= 11 is 3.19. The van der Waals surface area contributed by atoms with E-state index in [1.54, 1.807) is 7.11 Å². The molecule has 0 saturated heterocycles. The maximum absolute atomic E-state index is 5.77. The summed E-state index contributed by atoms with van der Waals surface area (Å²) in [4.78, 5) is 0. The average molecular weight is 269 g/mol. The van der Waals surface area contributed by atoms with Crippen LogP contribution in [-0.4, -0.2) is 12.3 Å². The number of aromatic nitrogens is 1. The molecule has 2 rings (SSSR count). The highest BCUT2D eigenvalue weighted by molar-refractivity contribution is 9.10. The number of ether oxygens (including phenoxy) is 1. The van der Waals surface area contributed by atoms with Crippen molar-refractivity contribution in [1.82, 2.24) is 5.16 Å². The third-order valence-electron chi connectivity index (χ3n) is 2.04. The van der Waals surface area contributed by atoms with Gasteiger partial charge in [-0.05, 0) is 40.2 Å². The Kier molecular flexibility index (Phi) is 2.64. The first kappa shape index (κ1) is 10.0. The van der Waals surface area contributed by atoms with E-state index in [4.69, 9.17) is 15.0 Å². The average Bonchev–Trinajstić information content (AvgIpc) is 2.60. The molecule has 2 aromatic rings. The van der Waals surface area contributed by atoms with E-state index in [0.29, 0.717) is 16.1 Å². The summed E-state index contributed by atoms with van der Waals surface area (Å²) in [5.74, 6) is 1.35. The van der Waals surface area contributed by atoms with Crippen molar-refractivity contribution in [2.45, 2.75) is 0 Å². The SMILES string of the molecule is COc1ccc(-c2onc(Br)c2N)cc1. The lowest BCUT2D eigenvalue weighted by molar-refractivity contribution is 0.414. The molecule has 0 unspecified atom stereocenters. The molecule has 0 amide bonds. The van der Waals surface area contributed by atoms with Crippen molar-refractivity contribution in [3.8, 4) is 17.1 Å². The minimum absolute atomic E-state index is 0.500. The zero-order valence-corrected chi connectivity index (χ0v) is 9.61. The van der Waals surface area contributed by atoms with Gasteiger partial charge in [-0.15, -0.1) is 0 Å². The third kappa shape index (κ3) is 1.83. The van der Waals surface area contributed by atoms with Gasteiger partial charge in [-0.1, -0.05) is 5.16 Å². The van der Waals surface area contributed by atoms with Crippen molar-refractivity contribution in [2.75, 3.05) is 12.8 Å². The molecule has 5 heteroatoms. The Morgan fingerprint density at radius 3 is 2.47 bits per heavy atom. The number of anilines is 1. The number of nitrogen functional groups attached to an aromatic ring is 1. The second kappa shape index (κ2) is 3.94. The first-order valence-electron chi connectivity index (χ1n) is 4.27. The molecule has 2 N–H and O–H groups in total. The summed E-state index contributed by atoms with van der Waals surface area (Å²) in [6.07, 6.45) is 0. The quantitative estimate of drug-likeness (QED) is 0.910. The summed E-state index contributed by atoms with van der Waals surface area (Å²) < 4.78 is 10.7. The molecule has 4 nitrogen and oxygen atoms in total. The Balaban J connectivity index is 2.41. The number of nitrogens with zero attached hydrogens (tertiary/aromatic N) is 1. The fraction of sp³-hybridized carbons (Fsp3) is 0.100. The van der Waals surface area contributed by atoms with Gasteiger partial charge in [0.05, 0.1) is 7.11 Å². The van der Waals surface area contributed by atoms with E-state index in [2.05, 4.69) is 21.1 Å². The highest BCUT2D eigenvalue weighted by Crippen LogP contribution is 2.32. The summed E-state index contributed by atoms with van der Waals surface area (Å²) in [5.41, 5.74) is 7.14. The zero-order chi connectivity index (χ0) is 10.8. The van der Waals surface area contributed by atoms with Gasteiger partial charge in [0, 0.05) is 5.56 Å². The van der Waals surface area contributed by atoms with Crippen molar-refractivity contribution in [3.05, 3.63) is 28.9 Å². The smallest absolute Gasteiger partial charge is 0.190 e. The predicted molar refractivity (Wildman–Crippen MR) is 60.6 cm³/mol. The molecular weight excluding hydrogens is 260 g/mol. The summed E-state index contributed by atoms with van der Waals surface area (Å²) in [6, 6.07) is 7.40. The molecule has 1 aromatic heterocycles. The van der Waals surface area contributed by atoms with Gasteiger partial charge >= 0.3 is 0 Å². The maximum Gasteiger partial charge on any atom is 0.190 e. The Morgan fingerprint density at radius 2 is 2.00 bits per heavy atom. The minimum Gasteiger partial charge on any atom is -0.497 e. The first-order valence-corrected chi connectivity index (χ1v) is 5.06. The van der Waals surface area contributed by atoms with Crippen LogP contribution in [0.1, 0.15) is 0 Å². The normalized spacial score (nSPS) is 10.3. The molecule has 0 saturated carbocycles. The van der Waals surface area contributed by atoms with E-state index in [1.165, 1.54) is 0 Å². The molecule has 0 bridgehead atoms. The zero-order valence-electron chi connectivity index (χ0n) is 8.03. The van der Waals surface area contributed by atoms with Gasteiger partial charge < -0.3 is 15.0 Å². The van der Waals surface area contributed by atoms with E-state index in [0.717, 1.165) is 11.3 Å². The fourth-order valence-corrected chi connectivity index (χ4v) is 1.48. The topological polar surface area (TPSA) is 61.3 Å². The summed E-state index contributed by atoms with van der Waals surface area (Å²) in [6.45, 7) is 0. The molecule has 0 radical (unpaired) electrons. The van der Waals surface area contributed by atoms with E-state index < -0.39 is 0 Å². The second-order valence-corrected chi connectivity index (χ2v) is 3.70. The van der Waals surface area contributed by atoms with Crippen molar-refractivity contribution < 1.29 is 9.26 Å². The first-order chi connectivity index (χ1) is 7.22.